The molecule has 2 unspecified atom stereocenters. The van der Waals surface area contributed by atoms with E-state index in [1.807, 2.05) is 13.8 Å². The molecule has 2 nitrogen and oxygen atoms in total. The molecule has 0 aliphatic heterocycles. The molecule has 18 heavy (non-hydrogen) atoms. The van der Waals surface area contributed by atoms with Crippen LogP contribution in [-0.4, -0.2) is 19.3 Å². The molecule has 1 rings (SSSR count). The molecule has 0 saturated heterocycles. The molecular formula is C13H18F3NO. The van der Waals surface area contributed by atoms with E-state index in [1.54, 1.807) is 13.2 Å². The Morgan fingerprint density at radius 3 is 2.33 bits per heavy atom. The first-order valence-corrected chi connectivity index (χ1v) is 5.73. The summed E-state index contributed by atoms with van der Waals surface area (Å²) in [5, 5.41) is 3.01. The number of nitrogens with one attached hydrogen (secondary N) is 1. The summed E-state index contributed by atoms with van der Waals surface area (Å²) in [5.41, 5.74) is 0.0644. The molecule has 1 aromatic rings. The zero-order valence-corrected chi connectivity index (χ0v) is 10.9. The Hall–Kier alpha value is -1.23. The van der Waals surface area contributed by atoms with Gasteiger partial charge < -0.3 is 10.1 Å². The van der Waals surface area contributed by atoms with Crippen molar-refractivity contribution in [3.05, 3.63) is 29.3 Å². The second-order valence-electron chi connectivity index (χ2n) is 4.40. The average molecular weight is 261 g/mol. The molecule has 0 radical (unpaired) electrons. The summed E-state index contributed by atoms with van der Waals surface area (Å²) in [5.74, 6) is 0. The molecule has 2 atom stereocenters. The third-order valence-electron chi connectivity index (χ3n) is 3.01. The van der Waals surface area contributed by atoms with E-state index in [9.17, 15) is 13.2 Å². The summed E-state index contributed by atoms with van der Waals surface area (Å²) in [6.07, 6.45) is -4.40. The summed E-state index contributed by atoms with van der Waals surface area (Å²) in [6.45, 7) is 5.17. The normalized spacial score (nSPS) is 15.3. The number of hydrogen-bond acceptors (Lipinski definition) is 2. The molecule has 0 spiro atoms. The Bertz CT molecular complexity index is 404. The molecule has 0 bridgehead atoms. The average Bonchev–Trinajstić information content (AvgIpc) is 2.29. The van der Waals surface area contributed by atoms with Gasteiger partial charge in [0.15, 0.2) is 0 Å². The summed E-state index contributed by atoms with van der Waals surface area (Å²) < 4.78 is 43.3. The number of rotatable bonds is 4. The third kappa shape index (κ3) is 3.63. The standard InChI is InChI=1S/C13H18F3NO/c1-8-5-6-11(7-12(8)13(14,15)16)17-9(2)10(3)18-4/h5-7,9-10,17H,1-4H3. The smallest absolute Gasteiger partial charge is 0.380 e. The summed E-state index contributed by atoms with van der Waals surface area (Å²) >= 11 is 0. The van der Waals surface area contributed by atoms with E-state index in [0.717, 1.165) is 6.07 Å². The first kappa shape index (κ1) is 14.8. The number of halogens is 3. The zero-order chi connectivity index (χ0) is 13.9. The van der Waals surface area contributed by atoms with E-state index in [2.05, 4.69) is 5.32 Å². The molecule has 0 saturated carbocycles. The van der Waals surface area contributed by atoms with E-state index in [0.29, 0.717) is 5.69 Å². The molecule has 1 N–H and O–H groups in total. The molecule has 0 fully saturated rings. The molecule has 0 aliphatic carbocycles. The fourth-order valence-corrected chi connectivity index (χ4v) is 1.60. The summed E-state index contributed by atoms with van der Waals surface area (Å²) in [6, 6.07) is 4.17. The first-order chi connectivity index (χ1) is 8.25. The van der Waals surface area contributed by atoms with Crippen molar-refractivity contribution >= 4 is 5.69 Å². The molecule has 0 aliphatic rings. The second-order valence-corrected chi connectivity index (χ2v) is 4.40. The van der Waals surface area contributed by atoms with Crippen molar-refractivity contribution < 1.29 is 17.9 Å². The minimum atomic E-state index is -4.32. The van der Waals surface area contributed by atoms with E-state index >= 15 is 0 Å². The monoisotopic (exact) mass is 261 g/mol. The van der Waals surface area contributed by atoms with Gasteiger partial charge in [0.2, 0.25) is 0 Å². The first-order valence-electron chi connectivity index (χ1n) is 5.73. The Kier molecular flexibility index (Phi) is 4.62. The van der Waals surface area contributed by atoms with Crippen LogP contribution in [0.1, 0.15) is 25.0 Å². The largest absolute Gasteiger partial charge is 0.416 e. The number of benzene rings is 1. The van der Waals surface area contributed by atoms with Crippen LogP contribution in [0, 0.1) is 6.92 Å². The maximum Gasteiger partial charge on any atom is 0.416 e. The number of alkyl halides is 3. The fraction of sp³-hybridized carbons (Fsp3) is 0.538. The van der Waals surface area contributed by atoms with Gasteiger partial charge in [-0.15, -0.1) is 0 Å². The van der Waals surface area contributed by atoms with Crippen molar-refractivity contribution in [1.29, 1.82) is 0 Å². The van der Waals surface area contributed by atoms with Crippen molar-refractivity contribution in [2.24, 2.45) is 0 Å². The Labute approximate surface area is 105 Å². The lowest BCUT2D eigenvalue weighted by atomic mass is 10.1. The lowest BCUT2D eigenvalue weighted by molar-refractivity contribution is -0.138. The molecule has 0 heterocycles. The van der Waals surface area contributed by atoms with Crippen LogP contribution in [-0.2, 0) is 10.9 Å². The Balaban J connectivity index is 2.92. The van der Waals surface area contributed by atoms with Gasteiger partial charge in [0.1, 0.15) is 0 Å². The Morgan fingerprint density at radius 2 is 1.83 bits per heavy atom. The van der Waals surface area contributed by atoms with Gasteiger partial charge in [-0.05, 0) is 38.5 Å². The van der Waals surface area contributed by atoms with Gasteiger partial charge in [0.25, 0.3) is 0 Å². The van der Waals surface area contributed by atoms with Gasteiger partial charge in [-0.25, -0.2) is 0 Å². The maximum absolute atomic E-state index is 12.7. The predicted molar refractivity (Wildman–Crippen MR) is 65.7 cm³/mol. The van der Waals surface area contributed by atoms with Crippen LogP contribution in [0.3, 0.4) is 0 Å². The molecule has 0 amide bonds. The zero-order valence-electron chi connectivity index (χ0n) is 10.9. The second kappa shape index (κ2) is 5.61. The van der Waals surface area contributed by atoms with Crippen LogP contribution in [0.4, 0.5) is 18.9 Å². The van der Waals surface area contributed by atoms with Gasteiger partial charge in [0, 0.05) is 18.8 Å². The minimum absolute atomic E-state index is 0.0706. The van der Waals surface area contributed by atoms with Crippen molar-refractivity contribution in [1.82, 2.24) is 0 Å². The van der Waals surface area contributed by atoms with Gasteiger partial charge in [-0.3, -0.25) is 0 Å². The number of anilines is 1. The number of hydrogen-bond donors (Lipinski definition) is 1. The fourth-order valence-electron chi connectivity index (χ4n) is 1.60. The Morgan fingerprint density at radius 1 is 1.22 bits per heavy atom. The van der Waals surface area contributed by atoms with Gasteiger partial charge in [0.05, 0.1) is 11.7 Å². The van der Waals surface area contributed by atoms with Crippen LogP contribution in [0.5, 0.6) is 0 Å². The van der Waals surface area contributed by atoms with Crippen molar-refractivity contribution in [3.63, 3.8) is 0 Å². The van der Waals surface area contributed by atoms with Crippen molar-refractivity contribution in [3.8, 4) is 0 Å². The summed E-state index contributed by atoms with van der Waals surface area (Å²) in [7, 11) is 1.57. The van der Waals surface area contributed by atoms with E-state index < -0.39 is 11.7 Å². The minimum Gasteiger partial charge on any atom is -0.380 e. The lowest BCUT2D eigenvalue weighted by Crippen LogP contribution is -2.29. The molecule has 1 aromatic carbocycles. The highest BCUT2D eigenvalue weighted by atomic mass is 19.4. The number of aryl methyl sites for hydroxylation is 1. The van der Waals surface area contributed by atoms with Crippen LogP contribution < -0.4 is 5.32 Å². The number of ether oxygens (including phenoxy) is 1. The SMILES string of the molecule is COC(C)C(C)Nc1ccc(C)c(C(F)(F)F)c1. The molecule has 0 aromatic heterocycles. The molecule has 5 heteroatoms. The molecule has 102 valence electrons. The third-order valence-corrected chi connectivity index (χ3v) is 3.01. The topological polar surface area (TPSA) is 21.3 Å². The van der Waals surface area contributed by atoms with Crippen LogP contribution in [0.2, 0.25) is 0 Å². The van der Waals surface area contributed by atoms with Crippen LogP contribution >= 0.6 is 0 Å². The quantitative estimate of drug-likeness (QED) is 0.888. The molecular weight excluding hydrogens is 243 g/mol. The van der Waals surface area contributed by atoms with E-state index in [1.165, 1.54) is 13.0 Å². The van der Waals surface area contributed by atoms with Crippen molar-refractivity contribution in [2.45, 2.75) is 39.1 Å². The van der Waals surface area contributed by atoms with Gasteiger partial charge in [-0.2, -0.15) is 13.2 Å². The number of methoxy groups -OCH3 is 1. The van der Waals surface area contributed by atoms with Crippen LogP contribution in [0.25, 0.3) is 0 Å². The summed E-state index contributed by atoms with van der Waals surface area (Å²) in [4.78, 5) is 0. The van der Waals surface area contributed by atoms with E-state index in [-0.39, 0.29) is 17.7 Å². The van der Waals surface area contributed by atoms with Crippen LogP contribution in [0.15, 0.2) is 18.2 Å². The lowest BCUT2D eigenvalue weighted by Gasteiger charge is -2.22. The highest BCUT2D eigenvalue weighted by Crippen LogP contribution is 2.33. The predicted octanol–water partition coefficient (Wildman–Crippen LogP) is 3.85. The highest BCUT2D eigenvalue weighted by Gasteiger charge is 2.32. The van der Waals surface area contributed by atoms with Crippen molar-refractivity contribution in [2.75, 3.05) is 12.4 Å². The van der Waals surface area contributed by atoms with E-state index in [4.69, 9.17) is 4.74 Å². The highest BCUT2D eigenvalue weighted by molar-refractivity contribution is 5.50. The van der Waals surface area contributed by atoms with Gasteiger partial charge >= 0.3 is 6.18 Å². The maximum atomic E-state index is 12.7. The van der Waals surface area contributed by atoms with Gasteiger partial charge in [-0.1, -0.05) is 6.07 Å².